The fraction of sp³-hybridized carbons (Fsp3) is 0.300. The molecule has 0 amide bonds. The first-order valence-electron chi connectivity index (χ1n) is 4.24. The minimum Gasteiger partial charge on any atom is -0.344 e. The van der Waals surface area contributed by atoms with Gasteiger partial charge in [-0.3, -0.25) is 0 Å². The van der Waals surface area contributed by atoms with Crippen LogP contribution in [0.1, 0.15) is 18.1 Å². The summed E-state index contributed by atoms with van der Waals surface area (Å²) in [6, 6.07) is 4.29. The summed E-state index contributed by atoms with van der Waals surface area (Å²) in [5, 5.41) is 0. The topological polar surface area (TPSA) is 28.7 Å². The van der Waals surface area contributed by atoms with E-state index in [0.29, 0.717) is 0 Å². The number of rotatable bonds is 1. The highest BCUT2D eigenvalue weighted by Gasteiger charge is 2.02. The van der Waals surface area contributed by atoms with Crippen LogP contribution in [0, 0.1) is 6.92 Å². The first kappa shape index (κ1) is 7.35. The maximum atomic E-state index is 4.27. The van der Waals surface area contributed by atoms with Crippen molar-refractivity contribution in [2.75, 3.05) is 0 Å². The molecule has 2 nitrogen and oxygen atoms in total. The molecule has 0 unspecified atom stereocenters. The summed E-state index contributed by atoms with van der Waals surface area (Å²) in [6.07, 6.45) is 2.82. The molecule has 12 heavy (non-hydrogen) atoms. The summed E-state index contributed by atoms with van der Waals surface area (Å²) >= 11 is 0. The molecule has 0 radical (unpaired) electrons. The third-order valence-electron chi connectivity index (χ3n) is 2.25. The van der Waals surface area contributed by atoms with E-state index in [1.165, 1.54) is 16.6 Å². The maximum absolute atomic E-state index is 4.27. The van der Waals surface area contributed by atoms with Crippen LogP contribution in [0.4, 0.5) is 0 Å². The Balaban J connectivity index is 2.82. The van der Waals surface area contributed by atoms with E-state index < -0.39 is 0 Å². The van der Waals surface area contributed by atoms with Crippen molar-refractivity contribution >= 4 is 11.0 Å². The highest BCUT2D eigenvalue weighted by molar-refractivity contribution is 5.81. The normalized spacial score (nSPS) is 10.8. The second-order valence-electron chi connectivity index (χ2n) is 3.02. The van der Waals surface area contributed by atoms with Gasteiger partial charge in [-0.15, -0.1) is 0 Å². The fourth-order valence-corrected chi connectivity index (χ4v) is 1.52. The van der Waals surface area contributed by atoms with E-state index in [-0.39, 0.29) is 0 Å². The standard InChI is InChI=1S/C10H12N2/c1-3-8-5-4-7(2)9-10(8)12-6-11-9/h4-6H,3H2,1-2H3,(H,11,12). The van der Waals surface area contributed by atoms with Crippen molar-refractivity contribution in [3.63, 3.8) is 0 Å². The molecule has 62 valence electrons. The van der Waals surface area contributed by atoms with E-state index >= 15 is 0 Å². The zero-order valence-electron chi connectivity index (χ0n) is 7.39. The quantitative estimate of drug-likeness (QED) is 0.682. The number of hydrogen-bond donors (Lipinski definition) is 1. The minimum atomic E-state index is 1.05. The molecule has 2 heteroatoms. The van der Waals surface area contributed by atoms with Gasteiger partial charge in [0.2, 0.25) is 0 Å². The average Bonchev–Trinajstić information content (AvgIpc) is 2.54. The Morgan fingerprint density at radius 2 is 2.25 bits per heavy atom. The highest BCUT2D eigenvalue weighted by atomic mass is 14.9. The Labute approximate surface area is 71.6 Å². The van der Waals surface area contributed by atoms with Crippen molar-refractivity contribution in [2.45, 2.75) is 20.3 Å². The van der Waals surface area contributed by atoms with Crippen LogP contribution in [0.2, 0.25) is 0 Å². The molecule has 2 aromatic rings. The van der Waals surface area contributed by atoms with Crippen molar-refractivity contribution in [3.8, 4) is 0 Å². The predicted octanol–water partition coefficient (Wildman–Crippen LogP) is 2.43. The van der Waals surface area contributed by atoms with Gasteiger partial charge in [-0.2, -0.15) is 0 Å². The van der Waals surface area contributed by atoms with Gasteiger partial charge in [0.25, 0.3) is 0 Å². The number of H-pyrrole nitrogens is 1. The number of aryl methyl sites for hydroxylation is 2. The Bertz CT molecular complexity index is 401. The predicted molar refractivity (Wildman–Crippen MR) is 50.2 cm³/mol. The van der Waals surface area contributed by atoms with E-state index in [0.717, 1.165) is 11.9 Å². The lowest BCUT2D eigenvalue weighted by molar-refractivity contribution is 1.15. The largest absolute Gasteiger partial charge is 0.344 e. The lowest BCUT2D eigenvalue weighted by atomic mass is 10.1. The molecule has 1 aromatic carbocycles. The lowest BCUT2D eigenvalue weighted by Crippen LogP contribution is -1.84. The monoisotopic (exact) mass is 160 g/mol. The zero-order chi connectivity index (χ0) is 8.55. The molecule has 0 saturated carbocycles. The molecule has 0 fully saturated rings. The third-order valence-corrected chi connectivity index (χ3v) is 2.25. The van der Waals surface area contributed by atoms with Crippen LogP contribution in [-0.2, 0) is 6.42 Å². The number of nitrogens with one attached hydrogen (secondary N) is 1. The van der Waals surface area contributed by atoms with Gasteiger partial charge in [0, 0.05) is 0 Å². The van der Waals surface area contributed by atoms with E-state index in [2.05, 4.69) is 35.9 Å². The average molecular weight is 160 g/mol. The lowest BCUT2D eigenvalue weighted by Gasteiger charge is -1.99. The SMILES string of the molecule is CCc1ccc(C)c2nc[nH]c12. The van der Waals surface area contributed by atoms with Gasteiger partial charge in [-0.1, -0.05) is 19.1 Å². The Hall–Kier alpha value is -1.31. The van der Waals surface area contributed by atoms with Gasteiger partial charge in [0.05, 0.1) is 17.4 Å². The smallest absolute Gasteiger partial charge is 0.0932 e. The van der Waals surface area contributed by atoms with Crippen LogP contribution >= 0.6 is 0 Å². The number of aromatic nitrogens is 2. The second kappa shape index (κ2) is 2.63. The van der Waals surface area contributed by atoms with Crippen molar-refractivity contribution < 1.29 is 0 Å². The number of aromatic amines is 1. The summed E-state index contributed by atoms with van der Waals surface area (Å²) in [7, 11) is 0. The first-order chi connectivity index (χ1) is 5.83. The zero-order valence-corrected chi connectivity index (χ0v) is 7.39. The van der Waals surface area contributed by atoms with Crippen LogP contribution < -0.4 is 0 Å². The summed E-state index contributed by atoms with van der Waals surface area (Å²) in [5.41, 5.74) is 4.88. The van der Waals surface area contributed by atoms with Crippen LogP contribution in [0.5, 0.6) is 0 Å². The molecule has 0 spiro atoms. The number of imidazole rings is 1. The molecule has 0 saturated heterocycles. The molecule has 0 bridgehead atoms. The second-order valence-corrected chi connectivity index (χ2v) is 3.02. The molecule has 1 N–H and O–H groups in total. The van der Waals surface area contributed by atoms with Gasteiger partial charge < -0.3 is 4.98 Å². The molecule has 1 aromatic heterocycles. The van der Waals surface area contributed by atoms with E-state index in [1.807, 2.05) is 0 Å². The molecule has 1 heterocycles. The molecular formula is C10H12N2. The first-order valence-corrected chi connectivity index (χ1v) is 4.24. The molecular weight excluding hydrogens is 148 g/mol. The Morgan fingerprint density at radius 1 is 1.42 bits per heavy atom. The van der Waals surface area contributed by atoms with Gasteiger partial charge in [0.15, 0.2) is 0 Å². The van der Waals surface area contributed by atoms with E-state index in [1.54, 1.807) is 6.33 Å². The summed E-state index contributed by atoms with van der Waals surface area (Å²) < 4.78 is 0. The summed E-state index contributed by atoms with van der Waals surface area (Å²) in [4.78, 5) is 7.44. The van der Waals surface area contributed by atoms with Crippen molar-refractivity contribution in [3.05, 3.63) is 29.6 Å². The molecule has 0 aliphatic carbocycles. The van der Waals surface area contributed by atoms with Crippen molar-refractivity contribution in [2.24, 2.45) is 0 Å². The van der Waals surface area contributed by atoms with Gasteiger partial charge in [-0.05, 0) is 24.5 Å². The Kier molecular flexibility index (Phi) is 1.61. The van der Waals surface area contributed by atoms with Crippen molar-refractivity contribution in [1.82, 2.24) is 9.97 Å². The van der Waals surface area contributed by atoms with E-state index in [9.17, 15) is 0 Å². The molecule has 0 aliphatic rings. The number of nitrogens with zero attached hydrogens (tertiary/aromatic N) is 1. The molecule has 0 aliphatic heterocycles. The van der Waals surface area contributed by atoms with Gasteiger partial charge in [-0.25, -0.2) is 4.98 Å². The number of hydrogen-bond acceptors (Lipinski definition) is 1. The minimum absolute atomic E-state index is 1.05. The number of fused-ring (bicyclic) bond motifs is 1. The van der Waals surface area contributed by atoms with E-state index in [4.69, 9.17) is 0 Å². The summed E-state index contributed by atoms with van der Waals surface area (Å²) in [5.74, 6) is 0. The van der Waals surface area contributed by atoms with Crippen LogP contribution in [-0.4, -0.2) is 9.97 Å². The molecule has 0 atom stereocenters. The summed E-state index contributed by atoms with van der Waals surface area (Å²) in [6.45, 7) is 4.24. The molecule has 2 rings (SSSR count). The maximum Gasteiger partial charge on any atom is 0.0932 e. The van der Waals surface area contributed by atoms with Crippen LogP contribution in [0.25, 0.3) is 11.0 Å². The highest BCUT2D eigenvalue weighted by Crippen LogP contribution is 2.18. The van der Waals surface area contributed by atoms with Crippen molar-refractivity contribution in [1.29, 1.82) is 0 Å². The van der Waals surface area contributed by atoms with Gasteiger partial charge in [0.1, 0.15) is 0 Å². The third kappa shape index (κ3) is 0.916. The number of benzene rings is 1. The van der Waals surface area contributed by atoms with Crippen LogP contribution in [0.3, 0.4) is 0 Å². The van der Waals surface area contributed by atoms with Gasteiger partial charge >= 0.3 is 0 Å². The Morgan fingerprint density at radius 3 is 3.00 bits per heavy atom. The fourth-order valence-electron chi connectivity index (χ4n) is 1.52. The van der Waals surface area contributed by atoms with Crippen LogP contribution in [0.15, 0.2) is 18.5 Å².